The van der Waals surface area contributed by atoms with Crippen molar-refractivity contribution in [1.82, 2.24) is 9.13 Å². The molecule has 0 radical (unpaired) electrons. The first-order chi connectivity index (χ1) is 52.2. The fourth-order valence-corrected chi connectivity index (χ4v) is 18.0. The van der Waals surface area contributed by atoms with Crippen molar-refractivity contribution < 1.29 is 0 Å². The van der Waals surface area contributed by atoms with Crippen molar-refractivity contribution in [2.45, 2.75) is 52.4 Å². The molecule has 0 atom stereocenters. The molecule has 2 aliphatic rings. The Bertz CT molecular complexity index is 6280. The molecule has 0 spiro atoms. The molecule has 18 rings (SSSR count). The number of anilines is 9. The van der Waals surface area contributed by atoms with E-state index in [2.05, 4.69) is 401 Å². The molecule has 2 aromatic heterocycles. The highest BCUT2D eigenvalue weighted by molar-refractivity contribution is 7.00. The molecular weight excluding hydrogens is 1300 g/mol. The predicted molar refractivity (Wildman–Crippen MR) is 488 cm³/mol. The van der Waals surface area contributed by atoms with E-state index < -0.39 is 0 Å². The average Bonchev–Trinajstić information content (AvgIpc) is 0.932. The molecule has 0 fully saturated rings. The molecule has 6 nitrogen and oxygen atoms in total. The molecule has 14 aromatic carbocycles. The van der Waals surface area contributed by atoms with Gasteiger partial charge in [0.05, 0.1) is 34.0 Å². The number of benzene rings is 14. The number of hydrogen-bond acceptors (Lipinski definition) is 4. The van der Waals surface area contributed by atoms with Crippen LogP contribution in [0.3, 0.4) is 0 Å². The zero-order chi connectivity index (χ0) is 74.5. The van der Waals surface area contributed by atoms with E-state index >= 15 is 0 Å². The third kappa shape index (κ3) is 10.6. The minimum Gasteiger partial charge on any atom is -0.311 e. The number of hydrogen-bond donors (Lipinski definition) is 0. The van der Waals surface area contributed by atoms with Gasteiger partial charge in [-0.1, -0.05) is 244 Å². The van der Waals surface area contributed by atoms with Crippen LogP contribution in [-0.4, -0.2) is 78.6 Å². The SMILES string of the molecule is Bc1c(B)c(B)c2c(c1B)c1c(B)c(B)c(B)c(B)c1n2-c1ccc2c(c1)N(c1ccccc1-c1ccccc1)c1cc(-c3cc(-n4c5ccccc5c5ccccc54)ccc3C#N)cc3c1B2c1ccc(N(c2ccc(C(C)(C)C)cc2)c2ccc(C(C)(C)C)cc2)cc1N3c1ccccc1-c1ccccc1. The lowest BCUT2D eigenvalue weighted by Gasteiger charge is -2.45. The molecule has 0 unspecified atom stereocenters. The summed E-state index contributed by atoms with van der Waals surface area (Å²) in [5.74, 6) is 0. The third-order valence-electron chi connectivity index (χ3n) is 24.3. The Hall–Kier alpha value is -11.8. The van der Waals surface area contributed by atoms with Crippen LogP contribution < -0.4 is 74.8 Å². The predicted octanol–water partition coefficient (Wildman–Crippen LogP) is 8.97. The van der Waals surface area contributed by atoms with E-state index in [-0.39, 0.29) is 17.5 Å². The Morgan fingerprint density at radius 1 is 0.333 bits per heavy atom. The lowest BCUT2D eigenvalue weighted by atomic mass is 9.33. The minimum absolute atomic E-state index is 0.0480. The summed E-state index contributed by atoms with van der Waals surface area (Å²) in [6, 6.07) is 104. The number of nitriles is 1. The quantitative estimate of drug-likeness (QED) is 0.129. The van der Waals surface area contributed by atoms with E-state index in [0.29, 0.717) is 5.56 Å². The number of aromatic nitrogens is 2. The van der Waals surface area contributed by atoms with Gasteiger partial charge in [0, 0.05) is 89.7 Å². The lowest BCUT2D eigenvalue weighted by molar-refractivity contribution is 0.590. The number of nitrogens with zero attached hydrogens (tertiary/aromatic N) is 6. The van der Waals surface area contributed by atoms with E-state index in [1.165, 1.54) is 104 Å². The highest BCUT2D eigenvalue weighted by Gasteiger charge is 2.45. The fourth-order valence-electron chi connectivity index (χ4n) is 18.0. The van der Waals surface area contributed by atoms with Crippen LogP contribution in [-0.2, 0) is 10.8 Å². The Morgan fingerprint density at radius 2 is 0.741 bits per heavy atom. The van der Waals surface area contributed by atoms with Crippen LogP contribution in [0.1, 0.15) is 58.2 Å². The van der Waals surface area contributed by atoms with Gasteiger partial charge in [0.25, 0.3) is 6.71 Å². The molecule has 15 heteroatoms. The average molecular weight is 1380 g/mol. The van der Waals surface area contributed by atoms with E-state index in [4.69, 9.17) is 0 Å². The standard InChI is InChI=1S/C93H79B9N6/c1-92(2,3)57-34-39-59(40-35-57)104(60-41-36-58(37-42-60)93(4,5)6)62-43-45-69-75(50-62)107(71-29-17-13-25-64(71)53-21-9-7-10-22-53)77-47-56(68-49-61(38-33-55(68)52-103)105-73-31-19-15-27-66(73)67-28-16-20-32-74(67)105)48-78-89(77)102(69)70-46-44-63(51-76(70)108(78)72-30-18-14-26-65(72)54-23-11-8-12-24-54)106-90-79(81(94)83(96)85(98)87(90)100)80-82(95)84(97)86(99)88(101)91(80)106/h7-51H,94-101H2,1-6H3. The van der Waals surface area contributed by atoms with Crippen molar-refractivity contribution in [2.75, 3.05) is 14.7 Å². The number of rotatable bonds is 10. The molecule has 508 valence electrons. The second-order valence-electron chi connectivity index (χ2n) is 32.2. The first kappa shape index (κ1) is 68.0. The van der Waals surface area contributed by atoms with Gasteiger partial charge < -0.3 is 23.8 Å². The summed E-state index contributed by atoms with van der Waals surface area (Å²) >= 11 is 0. The minimum atomic E-state index is -0.303. The van der Waals surface area contributed by atoms with Crippen LogP contribution in [0, 0.1) is 11.3 Å². The topological polar surface area (TPSA) is 43.4 Å². The lowest BCUT2D eigenvalue weighted by Crippen LogP contribution is -2.61. The normalized spacial score (nSPS) is 12.6. The molecule has 0 saturated carbocycles. The van der Waals surface area contributed by atoms with Gasteiger partial charge in [-0.3, -0.25) is 0 Å². The van der Waals surface area contributed by atoms with Crippen LogP contribution in [0.25, 0.3) is 88.4 Å². The first-order valence-electron chi connectivity index (χ1n) is 38.1. The van der Waals surface area contributed by atoms with Crippen LogP contribution in [0.2, 0.25) is 0 Å². The number of fused-ring (bicyclic) bond motifs is 10. The molecule has 16 aromatic rings. The fraction of sp³-hybridized carbons (Fsp3) is 0.0860. The van der Waals surface area contributed by atoms with Crippen molar-refractivity contribution >= 4 is 224 Å². The monoisotopic (exact) mass is 1380 g/mol. The summed E-state index contributed by atoms with van der Waals surface area (Å²) < 4.78 is 5.01. The molecule has 0 saturated heterocycles. The van der Waals surface area contributed by atoms with Crippen LogP contribution in [0.5, 0.6) is 0 Å². The van der Waals surface area contributed by atoms with Gasteiger partial charge >= 0.3 is 0 Å². The van der Waals surface area contributed by atoms with Gasteiger partial charge in [0.2, 0.25) is 0 Å². The van der Waals surface area contributed by atoms with E-state index in [9.17, 15) is 5.26 Å². The van der Waals surface area contributed by atoms with Crippen molar-refractivity contribution in [3.63, 3.8) is 0 Å². The summed E-state index contributed by atoms with van der Waals surface area (Å²) in [4.78, 5) is 7.63. The van der Waals surface area contributed by atoms with Crippen molar-refractivity contribution in [1.29, 1.82) is 5.26 Å². The Morgan fingerprint density at radius 3 is 1.22 bits per heavy atom. The van der Waals surface area contributed by atoms with Crippen molar-refractivity contribution in [3.05, 3.63) is 290 Å². The smallest absolute Gasteiger partial charge is 0.252 e. The largest absolute Gasteiger partial charge is 0.311 e. The Labute approximate surface area is 642 Å². The maximum atomic E-state index is 11.8. The summed E-state index contributed by atoms with van der Waals surface area (Å²) in [7, 11) is 18.6. The van der Waals surface area contributed by atoms with Gasteiger partial charge in [0.1, 0.15) is 62.8 Å². The van der Waals surface area contributed by atoms with E-state index in [1.807, 2.05) is 6.07 Å². The summed E-state index contributed by atoms with van der Waals surface area (Å²) in [5.41, 5.74) is 39.5. The van der Waals surface area contributed by atoms with Gasteiger partial charge in [-0.2, -0.15) is 5.26 Å². The van der Waals surface area contributed by atoms with Gasteiger partial charge in [-0.05, 0) is 169 Å². The van der Waals surface area contributed by atoms with Gasteiger partial charge in [0.15, 0.2) is 0 Å². The van der Waals surface area contributed by atoms with Crippen LogP contribution >= 0.6 is 0 Å². The molecule has 108 heavy (non-hydrogen) atoms. The highest BCUT2D eigenvalue weighted by Crippen LogP contribution is 2.52. The third-order valence-corrected chi connectivity index (χ3v) is 24.3. The number of para-hydroxylation sites is 4. The first-order valence-corrected chi connectivity index (χ1v) is 38.1. The van der Waals surface area contributed by atoms with Crippen LogP contribution in [0.4, 0.5) is 51.2 Å². The van der Waals surface area contributed by atoms with Crippen LogP contribution in [0.15, 0.2) is 273 Å². The summed E-state index contributed by atoms with van der Waals surface area (Å²) in [6.07, 6.45) is 0. The second-order valence-corrected chi connectivity index (χ2v) is 32.2. The molecule has 4 heterocycles. The maximum Gasteiger partial charge on any atom is 0.252 e. The highest BCUT2D eigenvalue weighted by atomic mass is 15.2. The van der Waals surface area contributed by atoms with Crippen molar-refractivity contribution in [3.8, 4) is 50.8 Å². The molecule has 0 N–H and O–H groups in total. The molecule has 0 aliphatic carbocycles. The summed E-state index contributed by atoms with van der Waals surface area (Å²) in [6.45, 7) is 13.4. The second kappa shape index (κ2) is 25.7. The zero-order valence-corrected chi connectivity index (χ0v) is 64.2. The molecule has 2 aliphatic heterocycles. The van der Waals surface area contributed by atoms with E-state index in [1.54, 1.807) is 0 Å². The van der Waals surface area contributed by atoms with Crippen molar-refractivity contribution in [2.24, 2.45) is 0 Å². The zero-order valence-electron chi connectivity index (χ0n) is 64.2. The van der Waals surface area contributed by atoms with Gasteiger partial charge in [-0.25, -0.2) is 0 Å². The Kier molecular flexibility index (Phi) is 16.2. The van der Waals surface area contributed by atoms with E-state index in [0.717, 1.165) is 107 Å². The maximum absolute atomic E-state index is 11.8. The molecule has 0 bridgehead atoms. The summed E-state index contributed by atoms with van der Waals surface area (Å²) in [5, 5.41) is 16.8. The Balaban J connectivity index is 0.997. The van der Waals surface area contributed by atoms with Gasteiger partial charge in [-0.15, -0.1) is 10.9 Å². The molecule has 0 amide bonds. The molecular formula is C93H79B9N6.